The first-order valence-electron chi connectivity index (χ1n) is 24.2. The van der Waals surface area contributed by atoms with Gasteiger partial charge >= 0.3 is 17.9 Å². The molecule has 61 heavy (non-hydrogen) atoms. The summed E-state index contributed by atoms with van der Waals surface area (Å²) in [6, 6.07) is 0. The van der Waals surface area contributed by atoms with Crippen LogP contribution in [0.5, 0.6) is 0 Å². The Hall–Kier alpha value is -4.19. The van der Waals surface area contributed by atoms with Crippen LogP contribution in [0, 0.1) is 0 Å². The fraction of sp³-hybridized carbons (Fsp3) is 0.582. The third-order valence-electron chi connectivity index (χ3n) is 9.66. The van der Waals surface area contributed by atoms with E-state index in [2.05, 4.69) is 106 Å². The van der Waals surface area contributed by atoms with Gasteiger partial charge < -0.3 is 14.2 Å². The lowest BCUT2D eigenvalue weighted by atomic mass is 10.1. The minimum atomic E-state index is -0.808. The van der Waals surface area contributed by atoms with Crippen molar-refractivity contribution < 1.29 is 28.6 Å². The van der Waals surface area contributed by atoms with Crippen LogP contribution in [0.2, 0.25) is 0 Å². The van der Waals surface area contributed by atoms with Crippen molar-refractivity contribution >= 4 is 17.9 Å². The zero-order valence-electron chi connectivity index (χ0n) is 38.9. The standard InChI is InChI=1S/C55H86O6/c1-4-7-10-13-16-19-22-25-27-30-33-36-39-42-45-48-54(57)60-51-52(50-59-53(56)47-44-41-38-35-32-29-24-21-18-15-12-9-6-3)61-55(58)49-46-43-40-37-34-31-28-26-23-20-17-14-11-8-5-2/h7-24,29,32,52H,4-6,25-28,30-31,33-51H2,1-3H3/b10-7-,11-8-,12-9-,16-13-,17-14-,18-15-,22-19-,23-20-,24-21-,32-29-. The molecule has 1 unspecified atom stereocenters. The second kappa shape index (κ2) is 48.5. The predicted molar refractivity (Wildman–Crippen MR) is 260 cm³/mol. The fourth-order valence-electron chi connectivity index (χ4n) is 6.10. The summed E-state index contributed by atoms with van der Waals surface area (Å²) in [6.07, 6.45) is 66.1. The quantitative estimate of drug-likeness (QED) is 0.0264. The van der Waals surface area contributed by atoms with Crippen LogP contribution in [0.25, 0.3) is 0 Å². The molecule has 0 spiro atoms. The molecule has 0 aromatic rings. The van der Waals surface area contributed by atoms with Gasteiger partial charge in [0, 0.05) is 19.3 Å². The number of allylic oxidation sites excluding steroid dienone is 20. The Morgan fingerprint density at radius 1 is 0.328 bits per heavy atom. The molecule has 0 fully saturated rings. The number of rotatable bonds is 41. The van der Waals surface area contributed by atoms with E-state index < -0.39 is 6.10 Å². The van der Waals surface area contributed by atoms with E-state index in [1.807, 2.05) is 36.5 Å². The van der Waals surface area contributed by atoms with Gasteiger partial charge in [0.2, 0.25) is 0 Å². The Bertz CT molecular complexity index is 1340. The van der Waals surface area contributed by atoms with E-state index in [1.165, 1.54) is 44.9 Å². The molecule has 6 nitrogen and oxygen atoms in total. The van der Waals surface area contributed by atoms with Crippen LogP contribution in [-0.4, -0.2) is 37.2 Å². The Morgan fingerprint density at radius 2 is 0.590 bits per heavy atom. The highest BCUT2D eigenvalue weighted by Crippen LogP contribution is 2.13. The summed E-state index contributed by atoms with van der Waals surface area (Å²) in [5.41, 5.74) is 0. The molecule has 0 rings (SSSR count). The highest BCUT2D eigenvalue weighted by molar-refractivity contribution is 5.71. The molecule has 342 valence electrons. The summed E-state index contributed by atoms with van der Waals surface area (Å²) in [4.78, 5) is 37.9. The molecule has 6 heteroatoms. The van der Waals surface area contributed by atoms with Crippen LogP contribution in [0.15, 0.2) is 122 Å². The van der Waals surface area contributed by atoms with Crippen molar-refractivity contribution in [1.82, 2.24) is 0 Å². The molecular weight excluding hydrogens is 757 g/mol. The topological polar surface area (TPSA) is 78.9 Å². The molecule has 0 saturated carbocycles. The first kappa shape index (κ1) is 56.8. The summed E-state index contributed by atoms with van der Waals surface area (Å²) >= 11 is 0. The molecule has 0 aliphatic carbocycles. The van der Waals surface area contributed by atoms with Crippen LogP contribution in [0.4, 0.5) is 0 Å². The highest BCUT2D eigenvalue weighted by atomic mass is 16.6. The van der Waals surface area contributed by atoms with Crippen molar-refractivity contribution in [3.8, 4) is 0 Å². The first-order valence-corrected chi connectivity index (χ1v) is 24.2. The van der Waals surface area contributed by atoms with Gasteiger partial charge in [-0.15, -0.1) is 0 Å². The summed E-state index contributed by atoms with van der Waals surface area (Å²) in [5.74, 6) is -0.981. The van der Waals surface area contributed by atoms with E-state index in [0.717, 1.165) is 103 Å². The molecule has 0 aliphatic rings. The molecule has 0 N–H and O–H groups in total. The molecule has 0 amide bonds. The van der Waals surface area contributed by atoms with Crippen LogP contribution >= 0.6 is 0 Å². The van der Waals surface area contributed by atoms with Crippen molar-refractivity contribution in [3.63, 3.8) is 0 Å². The maximum absolute atomic E-state index is 12.8. The van der Waals surface area contributed by atoms with Crippen LogP contribution in [0.3, 0.4) is 0 Å². The third-order valence-corrected chi connectivity index (χ3v) is 9.66. The van der Waals surface area contributed by atoms with Gasteiger partial charge in [-0.1, -0.05) is 213 Å². The average Bonchev–Trinajstić information content (AvgIpc) is 3.26. The van der Waals surface area contributed by atoms with Gasteiger partial charge in [0.1, 0.15) is 13.2 Å². The predicted octanol–water partition coefficient (Wildman–Crippen LogP) is 15.7. The third kappa shape index (κ3) is 46.7. The molecule has 1 atom stereocenters. The lowest BCUT2D eigenvalue weighted by molar-refractivity contribution is -0.167. The Morgan fingerprint density at radius 3 is 0.934 bits per heavy atom. The van der Waals surface area contributed by atoms with Crippen molar-refractivity contribution in [2.24, 2.45) is 0 Å². The van der Waals surface area contributed by atoms with E-state index >= 15 is 0 Å². The second-order valence-corrected chi connectivity index (χ2v) is 15.4. The number of unbranched alkanes of at least 4 members (excludes halogenated alkanes) is 17. The van der Waals surface area contributed by atoms with E-state index in [1.54, 1.807) is 0 Å². The van der Waals surface area contributed by atoms with Crippen molar-refractivity contribution in [2.45, 2.75) is 194 Å². The molecule has 0 saturated heterocycles. The number of hydrogen-bond acceptors (Lipinski definition) is 6. The Kier molecular flexibility index (Phi) is 45.1. The zero-order chi connectivity index (χ0) is 44.4. The van der Waals surface area contributed by atoms with Gasteiger partial charge in [-0.25, -0.2) is 0 Å². The smallest absolute Gasteiger partial charge is 0.306 e. The van der Waals surface area contributed by atoms with Gasteiger partial charge in [0.25, 0.3) is 0 Å². The van der Waals surface area contributed by atoms with Gasteiger partial charge in [-0.05, 0) is 77.0 Å². The maximum Gasteiger partial charge on any atom is 0.306 e. The molecular formula is C55H86O6. The second-order valence-electron chi connectivity index (χ2n) is 15.4. The first-order chi connectivity index (χ1) is 30.0. The summed E-state index contributed by atoms with van der Waals surface area (Å²) in [7, 11) is 0. The number of ether oxygens (including phenoxy) is 3. The average molecular weight is 843 g/mol. The Labute approximate surface area is 373 Å². The van der Waals surface area contributed by atoms with E-state index in [4.69, 9.17) is 14.2 Å². The van der Waals surface area contributed by atoms with E-state index in [-0.39, 0.29) is 31.1 Å². The zero-order valence-corrected chi connectivity index (χ0v) is 38.9. The monoisotopic (exact) mass is 843 g/mol. The summed E-state index contributed by atoms with van der Waals surface area (Å²) < 4.78 is 16.7. The fourth-order valence-corrected chi connectivity index (χ4v) is 6.10. The minimum Gasteiger partial charge on any atom is -0.462 e. The highest BCUT2D eigenvalue weighted by Gasteiger charge is 2.19. The van der Waals surface area contributed by atoms with Crippen molar-refractivity contribution in [3.05, 3.63) is 122 Å². The van der Waals surface area contributed by atoms with E-state index in [9.17, 15) is 14.4 Å². The van der Waals surface area contributed by atoms with Gasteiger partial charge in [0.05, 0.1) is 0 Å². The largest absolute Gasteiger partial charge is 0.462 e. The lowest BCUT2D eigenvalue weighted by Crippen LogP contribution is -2.30. The molecule has 0 radical (unpaired) electrons. The van der Waals surface area contributed by atoms with Crippen molar-refractivity contribution in [1.29, 1.82) is 0 Å². The summed E-state index contributed by atoms with van der Waals surface area (Å²) in [6.45, 7) is 6.16. The lowest BCUT2D eigenvalue weighted by Gasteiger charge is -2.18. The molecule has 0 aromatic carbocycles. The van der Waals surface area contributed by atoms with Crippen LogP contribution in [0.1, 0.15) is 188 Å². The Balaban J connectivity index is 4.51. The number of carbonyl (C=O) groups is 3. The number of esters is 3. The van der Waals surface area contributed by atoms with Gasteiger partial charge in [0.15, 0.2) is 6.10 Å². The SMILES string of the molecule is CC\C=C/C=C\C=C/C=C\CCCCCC(=O)OCC(COC(=O)CCCCCCCCC\C=C/C=C\C=C/CC)OC(=O)CCCCCCCCC\C=C/C=C\C=C/CC. The number of hydrogen-bond donors (Lipinski definition) is 0. The maximum atomic E-state index is 12.8. The molecule has 0 aromatic heterocycles. The minimum absolute atomic E-state index is 0.106. The number of carbonyl (C=O) groups excluding carboxylic acids is 3. The van der Waals surface area contributed by atoms with E-state index in [0.29, 0.717) is 19.3 Å². The molecule has 0 bridgehead atoms. The van der Waals surface area contributed by atoms with Gasteiger partial charge in [-0.2, -0.15) is 0 Å². The van der Waals surface area contributed by atoms with Crippen molar-refractivity contribution in [2.75, 3.05) is 13.2 Å². The van der Waals surface area contributed by atoms with Crippen LogP contribution in [-0.2, 0) is 28.6 Å². The summed E-state index contributed by atoms with van der Waals surface area (Å²) in [5, 5.41) is 0. The normalized spacial score (nSPS) is 13.2. The molecule has 0 aliphatic heterocycles. The molecule has 0 heterocycles. The van der Waals surface area contributed by atoms with Gasteiger partial charge in [-0.3, -0.25) is 14.4 Å². The van der Waals surface area contributed by atoms with Crippen LogP contribution < -0.4 is 0 Å².